The highest BCUT2D eigenvalue weighted by Crippen LogP contribution is 2.32. The van der Waals surface area contributed by atoms with Gasteiger partial charge in [-0.15, -0.1) is 0 Å². The minimum absolute atomic E-state index is 0.0452. The van der Waals surface area contributed by atoms with Gasteiger partial charge in [-0.25, -0.2) is 9.18 Å². The molecule has 1 aliphatic carbocycles. The quantitative estimate of drug-likeness (QED) is 0.785. The first kappa shape index (κ1) is 20.3. The van der Waals surface area contributed by atoms with E-state index < -0.39 is 6.04 Å². The van der Waals surface area contributed by atoms with Gasteiger partial charge in [-0.2, -0.15) is 0 Å². The van der Waals surface area contributed by atoms with Crippen molar-refractivity contribution in [3.8, 4) is 0 Å². The van der Waals surface area contributed by atoms with Crippen LogP contribution in [-0.2, 0) is 31.4 Å². The summed E-state index contributed by atoms with van der Waals surface area (Å²) < 4.78 is 17.7. The van der Waals surface area contributed by atoms with Gasteiger partial charge in [-0.05, 0) is 44.2 Å². The third-order valence-corrected chi connectivity index (χ3v) is 7.21. The number of nitrogens with one attached hydrogen (secondary N) is 2. The Hall–Kier alpha value is -2.61. The van der Waals surface area contributed by atoms with Gasteiger partial charge in [-0.3, -0.25) is 14.3 Å². The molecular formula is C23H30FN5O2. The molecule has 0 bridgehead atoms. The molecule has 7 nitrogen and oxygen atoms in total. The first-order chi connectivity index (χ1) is 14.9. The number of halogens is 1. The number of hydrogen-bond acceptors (Lipinski definition) is 4. The van der Waals surface area contributed by atoms with Crippen LogP contribution in [-0.4, -0.2) is 44.6 Å². The molecule has 2 N–H and O–H groups in total. The van der Waals surface area contributed by atoms with Crippen LogP contribution in [0, 0.1) is 12.7 Å². The van der Waals surface area contributed by atoms with Gasteiger partial charge in [0, 0.05) is 62.6 Å². The van der Waals surface area contributed by atoms with Crippen LogP contribution in [0.15, 0.2) is 23.1 Å². The van der Waals surface area contributed by atoms with Gasteiger partial charge < -0.3 is 15.2 Å². The summed E-state index contributed by atoms with van der Waals surface area (Å²) in [6.45, 7) is 4.29. The van der Waals surface area contributed by atoms with E-state index in [0.29, 0.717) is 18.0 Å². The number of aryl methyl sites for hydroxylation is 2. The Balaban J connectivity index is 1.21. The fourth-order valence-electron chi connectivity index (χ4n) is 5.51. The molecule has 2 aromatic rings. The third kappa shape index (κ3) is 3.67. The second-order valence-corrected chi connectivity index (χ2v) is 9.28. The van der Waals surface area contributed by atoms with Crippen molar-refractivity contribution in [3.63, 3.8) is 0 Å². The lowest BCUT2D eigenvalue weighted by molar-refractivity contribution is -0.122. The van der Waals surface area contributed by atoms with E-state index in [4.69, 9.17) is 0 Å². The molecule has 1 aromatic heterocycles. The molecule has 1 aromatic carbocycles. The highest BCUT2D eigenvalue weighted by Gasteiger charge is 2.34. The molecule has 2 aliphatic heterocycles. The molecule has 166 valence electrons. The summed E-state index contributed by atoms with van der Waals surface area (Å²) in [4.78, 5) is 27.5. The summed E-state index contributed by atoms with van der Waals surface area (Å²) in [6.07, 6.45) is 6.39. The fourth-order valence-corrected chi connectivity index (χ4v) is 5.51. The third-order valence-electron chi connectivity index (χ3n) is 7.21. The maximum Gasteiger partial charge on any atom is 0.328 e. The number of amides is 1. The topological polar surface area (TPSA) is 71.3 Å². The van der Waals surface area contributed by atoms with Crippen LogP contribution in [0.3, 0.4) is 0 Å². The molecule has 0 radical (unpaired) electrons. The molecule has 0 saturated heterocycles. The van der Waals surface area contributed by atoms with Crippen molar-refractivity contribution in [3.05, 3.63) is 51.5 Å². The van der Waals surface area contributed by atoms with Crippen LogP contribution >= 0.6 is 0 Å². The summed E-state index contributed by atoms with van der Waals surface area (Å²) in [5.41, 5.74) is 3.47. The van der Waals surface area contributed by atoms with E-state index in [0.717, 1.165) is 62.3 Å². The molecule has 3 heterocycles. The van der Waals surface area contributed by atoms with E-state index in [1.165, 1.54) is 6.07 Å². The van der Waals surface area contributed by atoms with Crippen molar-refractivity contribution in [2.24, 2.45) is 7.05 Å². The predicted octanol–water partition coefficient (Wildman–Crippen LogP) is 1.91. The van der Waals surface area contributed by atoms with Gasteiger partial charge >= 0.3 is 5.69 Å². The molecule has 8 heteroatoms. The van der Waals surface area contributed by atoms with Gasteiger partial charge in [0.1, 0.15) is 11.9 Å². The summed E-state index contributed by atoms with van der Waals surface area (Å²) in [6, 6.07) is 3.34. The van der Waals surface area contributed by atoms with E-state index in [1.54, 1.807) is 17.7 Å². The van der Waals surface area contributed by atoms with Crippen molar-refractivity contribution in [1.29, 1.82) is 0 Å². The average molecular weight is 428 g/mol. The maximum atomic E-state index is 14.2. The number of anilines is 1. The summed E-state index contributed by atoms with van der Waals surface area (Å²) >= 11 is 0. The Morgan fingerprint density at radius 1 is 1.26 bits per heavy atom. The zero-order valence-electron chi connectivity index (χ0n) is 18.2. The van der Waals surface area contributed by atoms with E-state index >= 15 is 0 Å². The van der Waals surface area contributed by atoms with Gasteiger partial charge in [0.25, 0.3) is 0 Å². The lowest BCUT2D eigenvalue weighted by Gasteiger charge is -2.39. The molecule has 1 fully saturated rings. The van der Waals surface area contributed by atoms with E-state index in [9.17, 15) is 14.0 Å². The Morgan fingerprint density at radius 2 is 2.10 bits per heavy atom. The molecule has 1 amide bonds. The minimum Gasteiger partial charge on any atom is -0.373 e. The molecule has 5 rings (SSSR count). The average Bonchev–Trinajstić information content (AvgIpc) is 3.34. The molecule has 31 heavy (non-hydrogen) atoms. The first-order valence-corrected chi connectivity index (χ1v) is 11.2. The number of imidazole rings is 1. The number of benzene rings is 1. The molecule has 3 aliphatic rings. The smallest absolute Gasteiger partial charge is 0.328 e. The van der Waals surface area contributed by atoms with Crippen LogP contribution in [0.25, 0.3) is 0 Å². The first-order valence-electron chi connectivity index (χ1n) is 11.2. The number of carbonyl (C=O) groups is 1. The van der Waals surface area contributed by atoms with Crippen LogP contribution in [0.5, 0.6) is 0 Å². The van der Waals surface area contributed by atoms with Crippen molar-refractivity contribution < 1.29 is 9.18 Å². The van der Waals surface area contributed by atoms with Gasteiger partial charge in [0.2, 0.25) is 5.91 Å². The standard InChI is InChI=1S/C23H30FN5O2/c1-14-6-7-19(24)18-11-20(26-21(14)18)22(30)25-15-4-3-5-16(10-15)28-8-9-29-17(13-28)12-27(2)23(29)31/h6-7,12,15-16,20,26H,3-5,8-11,13H2,1-2H3,(H,25,30)/t15-,16-,20?/m1/s1. The lowest BCUT2D eigenvalue weighted by atomic mass is 9.89. The maximum absolute atomic E-state index is 14.2. The molecular weight excluding hydrogens is 397 g/mol. The van der Waals surface area contributed by atoms with Crippen LogP contribution < -0.4 is 16.3 Å². The second-order valence-electron chi connectivity index (χ2n) is 9.28. The van der Waals surface area contributed by atoms with Gasteiger partial charge in [0.05, 0.1) is 5.69 Å². The monoisotopic (exact) mass is 427 g/mol. The number of carbonyl (C=O) groups excluding carboxylic acids is 1. The van der Waals surface area contributed by atoms with Crippen molar-refractivity contribution >= 4 is 11.6 Å². The highest BCUT2D eigenvalue weighted by atomic mass is 19.1. The number of rotatable bonds is 3. The molecule has 1 saturated carbocycles. The van der Waals surface area contributed by atoms with E-state index in [2.05, 4.69) is 15.5 Å². The number of nitrogens with zero attached hydrogens (tertiary/aromatic N) is 3. The number of fused-ring (bicyclic) bond motifs is 2. The van der Waals surface area contributed by atoms with Crippen LogP contribution in [0.2, 0.25) is 0 Å². The van der Waals surface area contributed by atoms with E-state index in [-0.39, 0.29) is 23.5 Å². The highest BCUT2D eigenvalue weighted by molar-refractivity contribution is 5.88. The Kier molecular flexibility index (Phi) is 5.12. The molecule has 3 atom stereocenters. The Labute approximate surface area is 181 Å². The summed E-state index contributed by atoms with van der Waals surface area (Å²) in [7, 11) is 1.80. The summed E-state index contributed by atoms with van der Waals surface area (Å²) in [5.74, 6) is -0.290. The molecule has 0 spiro atoms. The van der Waals surface area contributed by atoms with Crippen molar-refractivity contribution in [2.45, 2.75) is 70.2 Å². The number of aromatic nitrogens is 2. The minimum atomic E-state index is -0.417. The summed E-state index contributed by atoms with van der Waals surface area (Å²) in [5, 5.41) is 6.46. The Morgan fingerprint density at radius 3 is 2.90 bits per heavy atom. The zero-order valence-corrected chi connectivity index (χ0v) is 18.2. The van der Waals surface area contributed by atoms with Crippen LogP contribution in [0.4, 0.5) is 10.1 Å². The predicted molar refractivity (Wildman–Crippen MR) is 117 cm³/mol. The van der Waals surface area contributed by atoms with Crippen molar-refractivity contribution in [2.75, 3.05) is 11.9 Å². The normalized spacial score (nSPS) is 25.6. The van der Waals surface area contributed by atoms with Gasteiger partial charge in [0.15, 0.2) is 0 Å². The van der Waals surface area contributed by atoms with Gasteiger partial charge in [-0.1, -0.05) is 6.07 Å². The Bertz CT molecular complexity index is 1040. The number of hydrogen-bond donors (Lipinski definition) is 2. The fraction of sp³-hybridized carbons (Fsp3) is 0.565. The SMILES string of the molecule is Cc1ccc(F)c2c1NC(C(=O)N[C@@H]1CCC[C@@H](N3CCn4c(cn(C)c4=O)C3)C1)C2. The van der Waals surface area contributed by atoms with Crippen molar-refractivity contribution in [1.82, 2.24) is 19.4 Å². The molecule has 1 unspecified atom stereocenters. The lowest BCUT2D eigenvalue weighted by Crippen LogP contribution is -2.50. The van der Waals surface area contributed by atoms with Crippen LogP contribution in [0.1, 0.15) is 42.5 Å². The van der Waals surface area contributed by atoms with E-state index in [1.807, 2.05) is 17.7 Å². The second kappa shape index (κ2) is 7.82. The largest absolute Gasteiger partial charge is 0.373 e. The zero-order chi connectivity index (χ0) is 21.7.